The zero-order valence-corrected chi connectivity index (χ0v) is 17.0. The summed E-state index contributed by atoms with van der Waals surface area (Å²) in [4.78, 5) is 7.82. The Morgan fingerprint density at radius 3 is 2.44 bits per heavy atom. The molecule has 0 spiro atoms. The summed E-state index contributed by atoms with van der Waals surface area (Å²) in [5.74, 6) is 1.52. The molecule has 5 nitrogen and oxygen atoms in total. The van der Waals surface area contributed by atoms with E-state index in [0.717, 1.165) is 22.1 Å². The first-order valence-electron chi connectivity index (χ1n) is 8.75. The van der Waals surface area contributed by atoms with Gasteiger partial charge in [0.2, 0.25) is 0 Å². The van der Waals surface area contributed by atoms with Crippen LogP contribution in [0.15, 0.2) is 48.7 Å². The lowest BCUT2D eigenvalue weighted by molar-refractivity contribution is 0.350. The fourth-order valence-corrected chi connectivity index (χ4v) is 3.74. The number of benzene rings is 2. The second-order valence-electron chi connectivity index (χ2n) is 6.32. The van der Waals surface area contributed by atoms with Gasteiger partial charge in [0.05, 0.1) is 19.1 Å². The van der Waals surface area contributed by atoms with Crippen LogP contribution >= 0.6 is 11.3 Å². The molecule has 0 amide bonds. The maximum Gasteiger partial charge on any atom is 0.165 e. The van der Waals surface area contributed by atoms with E-state index in [0.29, 0.717) is 13.1 Å². The maximum absolute atomic E-state index is 5.48. The third-order valence-electron chi connectivity index (χ3n) is 4.30. The summed E-state index contributed by atoms with van der Waals surface area (Å²) in [5, 5.41) is 4.50. The number of thiazole rings is 1. The van der Waals surface area contributed by atoms with Gasteiger partial charge in [-0.05, 0) is 23.8 Å². The third-order valence-corrected chi connectivity index (χ3v) is 5.34. The molecule has 0 saturated carbocycles. The van der Waals surface area contributed by atoms with Crippen LogP contribution in [0.25, 0.3) is 10.4 Å². The van der Waals surface area contributed by atoms with Crippen molar-refractivity contribution < 1.29 is 9.47 Å². The van der Waals surface area contributed by atoms with Gasteiger partial charge in [-0.2, -0.15) is 0 Å². The molecule has 1 N–H and O–H groups in total. The number of para-hydroxylation sites is 1. The van der Waals surface area contributed by atoms with E-state index in [-0.39, 0.29) is 0 Å². The molecule has 0 aliphatic heterocycles. The SMILES string of the molecule is COc1cccc(CNCc2ncc(-c3ccc(N(C)C)cc3)s2)c1OC. The molecule has 0 unspecified atom stereocenters. The van der Waals surface area contributed by atoms with Gasteiger partial charge in [0, 0.05) is 44.6 Å². The molecule has 1 aromatic heterocycles. The summed E-state index contributed by atoms with van der Waals surface area (Å²) < 4.78 is 10.8. The van der Waals surface area contributed by atoms with Crippen molar-refractivity contribution in [1.82, 2.24) is 10.3 Å². The van der Waals surface area contributed by atoms with E-state index in [4.69, 9.17) is 9.47 Å². The summed E-state index contributed by atoms with van der Waals surface area (Å²) in [6.45, 7) is 1.40. The van der Waals surface area contributed by atoms with Crippen LogP contribution in [0.1, 0.15) is 10.6 Å². The highest BCUT2D eigenvalue weighted by molar-refractivity contribution is 7.15. The van der Waals surface area contributed by atoms with Crippen molar-refractivity contribution in [2.45, 2.75) is 13.1 Å². The van der Waals surface area contributed by atoms with Crippen molar-refractivity contribution >= 4 is 17.0 Å². The number of ether oxygens (including phenoxy) is 2. The first-order valence-corrected chi connectivity index (χ1v) is 9.57. The summed E-state index contributed by atoms with van der Waals surface area (Å²) in [6, 6.07) is 14.4. The lowest BCUT2D eigenvalue weighted by Gasteiger charge is -2.12. The molecule has 1 heterocycles. The van der Waals surface area contributed by atoms with Gasteiger partial charge in [0.15, 0.2) is 11.5 Å². The molecule has 3 aromatic rings. The molecule has 0 radical (unpaired) electrons. The number of nitrogens with zero attached hydrogens (tertiary/aromatic N) is 2. The average Bonchev–Trinajstić information content (AvgIpc) is 3.16. The Bertz CT molecular complexity index is 875. The van der Waals surface area contributed by atoms with Crippen LogP contribution < -0.4 is 19.7 Å². The van der Waals surface area contributed by atoms with E-state index in [1.807, 2.05) is 38.5 Å². The average molecular weight is 384 g/mol. The molecular formula is C21H25N3O2S. The zero-order valence-electron chi connectivity index (χ0n) is 16.2. The number of methoxy groups -OCH3 is 2. The van der Waals surface area contributed by atoms with E-state index < -0.39 is 0 Å². The Morgan fingerprint density at radius 1 is 1.00 bits per heavy atom. The minimum Gasteiger partial charge on any atom is -0.493 e. The molecular weight excluding hydrogens is 358 g/mol. The molecule has 2 aromatic carbocycles. The highest BCUT2D eigenvalue weighted by Gasteiger charge is 2.10. The van der Waals surface area contributed by atoms with Crippen LogP contribution in [0, 0.1) is 0 Å². The first kappa shape index (κ1) is 19.2. The van der Waals surface area contributed by atoms with Crippen LogP contribution in [0.2, 0.25) is 0 Å². The molecule has 0 aliphatic carbocycles. The Balaban J connectivity index is 1.62. The van der Waals surface area contributed by atoms with Crippen molar-refractivity contribution in [1.29, 1.82) is 0 Å². The number of hydrogen-bond acceptors (Lipinski definition) is 6. The molecule has 0 bridgehead atoms. The van der Waals surface area contributed by atoms with Crippen LogP contribution in [-0.4, -0.2) is 33.3 Å². The van der Waals surface area contributed by atoms with Gasteiger partial charge in [0.25, 0.3) is 0 Å². The molecule has 142 valence electrons. The quantitative estimate of drug-likeness (QED) is 0.632. The lowest BCUT2D eigenvalue weighted by atomic mass is 10.2. The lowest BCUT2D eigenvalue weighted by Crippen LogP contribution is -2.13. The standard InChI is InChI=1S/C21H25N3O2S/c1-24(2)17-10-8-15(9-11-17)19-13-23-20(27-19)14-22-12-16-6-5-7-18(25-3)21(16)26-4/h5-11,13,22H,12,14H2,1-4H3. The topological polar surface area (TPSA) is 46.6 Å². The van der Waals surface area contributed by atoms with Crippen molar-refractivity contribution in [2.75, 3.05) is 33.2 Å². The van der Waals surface area contributed by atoms with Gasteiger partial charge in [-0.15, -0.1) is 11.3 Å². The second-order valence-corrected chi connectivity index (χ2v) is 7.43. The minimum absolute atomic E-state index is 0.687. The van der Waals surface area contributed by atoms with E-state index in [1.165, 1.54) is 16.1 Å². The van der Waals surface area contributed by atoms with E-state index in [2.05, 4.69) is 39.5 Å². The zero-order chi connectivity index (χ0) is 19.2. The van der Waals surface area contributed by atoms with Crippen LogP contribution in [0.4, 0.5) is 5.69 Å². The predicted octanol–water partition coefficient (Wildman–Crippen LogP) is 4.18. The fraction of sp³-hybridized carbons (Fsp3) is 0.286. The van der Waals surface area contributed by atoms with E-state index >= 15 is 0 Å². The summed E-state index contributed by atoms with van der Waals surface area (Å²) in [5.41, 5.74) is 3.45. The van der Waals surface area contributed by atoms with Gasteiger partial charge in [-0.3, -0.25) is 0 Å². The van der Waals surface area contributed by atoms with Crippen molar-refractivity contribution in [3.8, 4) is 21.9 Å². The number of anilines is 1. The molecule has 27 heavy (non-hydrogen) atoms. The monoisotopic (exact) mass is 383 g/mol. The van der Waals surface area contributed by atoms with Crippen molar-refractivity contribution in [3.05, 3.63) is 59.2 Å². The largest absolute Gasteiger partial charge is 0.493 e. The first-order chi connectivity index (χ1) is 13.1. The van der Waals surface area contributed by atoms with Crippen LogP contribution in [0.5, 0.6) is 11.5 Å². The van der Waals surface area contributed by atoms with Gasteiger partial charge in [0.1, 0.15) is 5.01 Å². The van der Waals surface area contributed by atoms with Gasteiger partial charge >= 0.3 is 0 Å². The summed E-state index contributed by atoms with van der Waals surface area (Å²) >= 11 is 1.71. The van der Waals surface area contributed by atoms with Crippen LogP contribution in [0.3, 0.4) is 0 Å². The second kappa shape index (κ2) is 8.88. The number of nitrogens with one attached hydrogen (secondary N) is 1. The molecule has 0 aliphatic rings. The maximum atomic E-state index is 5.48. The highest BCUT2D eigenvalue weighted by Crippen LogP contribution is 2.31. The Morgan fingerprint density at radius 2 is 1.78 bits per heavy atom. The number of aromatic nitrogens is 1. The number of rotatable bonds is 8. The van der Waals surface area contributed by atoms with E-state index in [9.17, 15) is 0 Å². The molecule has 0 saturated heterocycles. The van der Waals surface area contributed by atoms with Crippen molar-refractivity contribution in [3.63, 3.8) is 0 Å². The molecule has 3 rings (SSSR count). The highest BCUT2D eigenvalue weighted by atomic mass is 32.1. The predicted molar refractivity (Wildman–Crippen MR) is 112 cm³/mol. The summed E-state index contributed by atoms with van der Waals surface area (Å²) in [7, 11) is 7.40. The molecule has 6 heteroatoms. The molecule has 0 atom stereocenters. The Kier molecular flexibility index (Phi) is 6.32. The summed E-state index contributed by atoms with van der Waals surface area (Å²) in [6.07, 6.45) is 1.94. The Hall–Kier alpha value is -2.57. The minimum atomic E-state index is 0.687. The van der Waals surface area contributed by atoms with E-state index in [1.54, 1.807) is 25.6 Å². The van der Waals surface area contributed by atoms with Crippen molar-refractivity contribution in [2.24, 2.45) is 0 Å². The van der Waals surface area contributed by atoms with Gasteiger partial charge in [-0.1, -0.05) is 24.3 Å². The van der Waals surface area contributed by atoms with Crippen LogP contribution in [-0.2, 0) is 13.1 Å². The third kappa shape index (κ3) is 4.59. The molecule has 0 fully saturated rings. The normalized spacial score (nSPS) is 10.7. The Labute approximate surface area is 164 Å². The van der Waals surface area contributed by atoms with Gasteiger partial charge in [-0.25, -0.2) is 4.98 Å². The van der Waals surface area contributed by atoms with Gasteiger partial charge < -0.3 is 19.7 Å². The fourth-order valence-electron chi connectivity index (χ4n) is 2.85. The number of hydrogen-bond donors (Lipinski definition) is 1. The smallest absolute Gasteiger partial charge is 0.165 e.